The van der Waals surface area contributed by atoms with Crippen molar-refractivity contribution in [2.75, 3.05) is 0 Å². The van der Waals surface area contributed by atoms with Crippen molar-refractivity contribution < 1.29 is 51.3 Å². The fraction of sp³-hybridized carbons (Fsp3) is 0. The van der Waals surface area contributed by atoms with Crippen LogP contribution < -0.4 is 0 Å². The van der Waals surface area contributed by atoms with E-state index in [1.54, 1.807) is 0 Å². The molecule has 0 rings (SSSR count). The van der Waals surface area contributed by atoms with Crippen LogP contribution in [0.3, 0.4) is 0 Å². The molecule has 0 saturated heterocycles. The standard InChI is InChI=1S/CH2O3.Cu.Na.H3O4P.H/c2-1(3)4;;;1-5(2,3)4;/h(H2,2,3,4);;;(H3,1,2,3,4);. The van der Waals surface area contributed by atoms with Crippen LogP contribution in [0.5, 0.6) is 0 Å². The second-order valence-corrected chi connectivity index (χ2v) is 1.82. The van der Waals surface area contributed by atoms with Crippen LogP contribution in [-0.2, 0) is 21.6 Å². The van der Waals surface area contributed by atoms with Gasteiger partial charge in [-0.05, 0) is 0 Å². The summed E-state index contributed by atoms with van der Waals surface area (Å²) in [6, 6.07) is 0. The van der Waals surface area contributed by atoms with Gasteiger partial charge in [0, 0.05) is 17.1 Å². The van der Waals surface area contributed by atoms with Crippen LogP contribution in [0.1, 0.15) is 0 Å². The molecular formula is CH6CuNaO7P. The first-order valence-corrected chi connectivity index (χ1v) is 3.00. The fourth-order valence-corrected chi connectivity index (χ4v) is 0. The Kier molecular flexibility index (Phi) is 22.4. The number of hydrogen-bond donors (Lipinski definition) is 5. The van der Waals surface area contributed by atoms with Crippen molar-refractivity contribution in [1.82, 2.24) is 0 Å². The predicted octanol–water partition coefficient (Wildman–Crippen LogP) is -1.36. The molecule has 0 saturated carbocycles. The van der Waals surface area contributed by atoms with Crippen molar-refractivity contribution >= 4 is 43.5 Å². The summed E-state index contributed by atoms with van der Waals surface area (Å²) >= 11 is 0. The molecular weight excluding hydrogens is 242 g/mol. The van der Waals surface area contributed by atoms with Gasteiger partial charge < -0.3 is 24.9 Å². The summed E-state index contributed by atoms with van der Waals surface area (Å²) in [6.07, 6.45) is -1.83. The van der Waals surface area contributed by atoms with Gasteiger partial charge >= 0.3 is 43.5 Å². The number of carboxylic acid groups (broad SMARTS) is 2. The Labute approximate surface area is 94.4 Å². The molecule has 7 nitrogen and oxygen atoms in total. The topological polar surface area (TPSA) is 135 Å². The summed E-state index contributed by atoms with van der Waals surface area (Å²) in [6.45, 7) is 0. The van der Waals surface area contributed by atoms with Crippen molar-refractivity contribution in [3.63, 3.8) is 0 Å². The van der Waals surface area contributed by atoms with E-state index >= 15 is 0 Å². The Morgan fingerprint density at radius 2 is 1.09 bits per heavy atom. The maximum atomic E-state index is 8.88. The van der Waals surface area contributed by atoms with Crippen LogP contribution in [0, 0.1) is 0 Å². The van der Waals surface area contributed by atoms with E-state index in [9.17, 15) is 0 Å². The summed E-state index contributed by atoms with van der Waals surface area (Å²) in [5.74, 6) is 0. The van der Waals surface area contributed by atoms with Crippen molar-refractivity contribution in [1.29, 1.82) is 0 Å². The van der Waals surface area contributed by atoms with Gasteiger partial charge in [0.15, 0.2) is 0 Å². The number of rotatable bonds is 0. The number of hydrogen-bond acceptors (Lipinski definition) is 2. The summed E-state index contributed by atoms with van der Waals surface area (Å²) in [4.78, 5) is 30.1. The molecule has 69 valence electrons. The number of carbonyl (C=O) groups is 1. The molecule has 0 aliphatic rings. The van der Waals surface area contributed by atoms with Gasteiger partial charge in [0.2, 0.25) is 0 Å². The first kappa shape index (κ1) is 22.7. The van der Waals surface area contributed by atoms with E-state index in [2.05, 4.69) is 0 Å². The van der Waals surface area contributed by atoms with E-state index in [-0.39, 0.29) is 46.6 Å². The first-order chi connectivity index (χ1) is 3.73. The molecule has 1 radical (unpaired) electrons. The molecule has 11 heavy (non-hydrogen) atoms. The molecule has 0 aromatic heterocycles. The van der Waals surface area contributed by atoms with Gasteiger partial charge in [-0.15, -0.1) is 0 Å². The van der Waals surface area contributed by atoms with Crippen LogP contribution in [-0.4, -0.2) is 60.6 Å². The second kappa shape index (κ2) is 10.9. The van der Waals surface area contributed by atoms with Crippen LogP contribution in [0.15, 0.2) is 0 Å². The first-order valence-electron chi connectivity index (χ1n) is 1.43. The van der Waals surface area contributed by atoms with Gasteiger partial charge in [0.1, 0.15) is 0 Å². The quantitative estimate of drug-likeness (QED) is 0.263. The van der Waals surface area contributed by atoms with Gasteiger partial charge in [-0.1, -0.05) is 0 Å². The van der Waals surface area contributed by atoms with Crippen LogP contribution >= 0.6 is 7.82 Å². The molecule has 5 N–H and O–H groups in total. The molecule has 0 fully saturated rings. The van der Waals surface area contributed by atoms with Crippen molar-refractivity contribution in [3.8, 4) is 0 Å². The molecule has 0 unspecified atom stereocenters. The van der Waals surface area contributed by atoms with Gasteiger partial charge in [-0.2, -0.15) is 0 Å². The fourth-order valence-electron chi connectivity index (χ4n) is 0. The molecule has 0 aromatic rings. The van der Waals surface area contributed by atoms with E-state index in [0.717, 1.165) is 0 Å². The Hall–Kier alpha value is 0.899. The zero-order valence-electron chi connectivity index (χ0n) is 4.30. The predicted molar refractivity (Wildman–Crippen MR) is 32.1 cm³/mol. The van der Waals surface area contributed by atoms with Crippen LogP contribution in [0.4, 0.5) is 4.79 Å². The van der Waals surface area contributed by atoms with Crippen molar-refractivity contribution in [3.05, 3.63) is 0 Å². The third kappa shape index (κ3) is 1070. The average molecular weight is 248 g/mol. The van der Waals surface area contributed by atoms with Gasteiger partial charge in [0.25, 0.3) is 0 Å². The second-order valence-electron chi connectivity index (χ2n) is 0.796. The molecule has 0 aliphatic carbocycles. The minimum atomic E-state index is -4.64. The Morgan fingerprint density at radius 1 is 1.09 bits per heavy atom. The average Bonchev–Trinajstić information content (AvgIpc) is 1.19. The van der Waals surface area contributed by atoms with E-state index in [0.29, 0.717) is 0 Å². The van der Waals surface area contributed by atoms with E-state index in [1.807, 2.05) is 0 Å². The number of phosphoric acid groups is 1. The molecule has 0 atom stereocenters. The molecule has 0 aromatic carbocycles. The Morgan fingerprint density at radius 3 is 1.09 bits per heavy atom. The summed E-state index contributed by atoms with van der Waals surface area (Å²) in [5, 5.41) is 13.9. The summed E-state index contributed by atoms with van der Waals surface area (Å²) in [7, 11) is -4.64. The van der Waals surface area contributed by atoms with Crippen molar-refractivity contribution in [2.24, 2.45) is 0 Å². The SMILES string of the molecule is O=C(O)O.O=P(O)(O)O.[Cu].[NaH]. The molecule has 0 spiro atoms. The van der Waals surface area contributed by atoms with Crippen molar-refractivity contribution in [2.45, 2.75) is 0 Å². The normalized spacial score (nSPS) is 7.55. The molecule has 10 heteroatoms. The summed E-state index contributed by atoms with van der Waals surface area (Å²) < 4.78 is 8.88. The van der Waals surface area contributed by atoms with Crippen LogP contribution in [0.2, 0.25) is 0 Å². The van der Waals surface area contributed by atoms with E-state index in [1.165, 1.54) is 0 Å². The van der Waals surface area contributed by atoms with E-state index in [4.69, 9.17) is 34.3 Å². The Bertz CT molecular complexity index is 118. The summed E-state index contributed by atoms with van der Waals surface area (Å²) in [5.41, 5.74) is 0. The van der Waals surface area contributed by atoms with Gasteiger partial charge in [-0.25, -0.2) is 9.36 Å². The van der Waals surface area contributed by atoms with E-state index < -0.39 is 14.0 Å². The zero-order valence-corrected chi connectivity index (χ0v) is 6.14. The molecule has 0 aliphatic heterocycles. The molecule has 0 amide bonds. The van der Waals surface area contributed by atoms with Gasteiger partial charge in [-0.3, -0.25) is 0 Å². The third-order valence-electron chi connectivity index (χ3n) is 0. The van der Waals surface area contributed by atoms with Crippen LogP contribution in [0.25, 0.3) is 0 Å². The molecule has 0 heterocycles. The zero-order chi connectivity index (χ0) is 8.08. The monoisotopic (exact) mass is 247 g/mol. The Balaban J connectivity index is -0.0000000383. The molecule has 0 bridgehead atoms. The third-order valence-corrected chi connectivity index (χ3v) is 0. The van der Waals surface area contributed by atoms with Gasteiger partial charge in [0.05, 0.1) is 0 Å². The minimum absolute atomic E-state index is 0. The maximum absolute atomic E-state index is 8.88.